The van der Waals surface area contributed by atoms with Crippen molar-refractivity contribution < 1.29 is 4.79 Å². The Hall–Kier alpha value is -1.06. The van der Waals surface area contributed by atoms with Crippen LogP contribution in [0.15, 0.2) is 24.3 Å². The summed E-state index contributed by atoms with van der Waals surface area (Å²) < 4.78 is 0. The highest BCUT2D eigenvalue weighted by atomic mass is 35.5. The standard InChI is InChI=1S/C12H15ClN2O/c13-9-4-3-5-10(8-9)15-12(16)11-6-1-2-7-14-11/h3-5,8,11,14H,1-2,6-7H2,(H,15,16)/t11-/m0/s1. The second-order valence-electron chi connectivity index (χ2n) is 4.00. The van der Waals surface area contributed by atoms with Gasteiger partial charge in [-0.3, -0.25) is 4.79 Å². The molecule has 4 heteroatoms. The molecule has 1 aromatic rings. The number of rotatable bonds is 2. The summed E-state index contributed by atoms with van der Waals surface area (Å²) in [6.45, 7) is 0.924. The molecule has 1 aliphatic heterocycles. The first-order chi connectivity index (χ1) is 7.75. The second kappa shape index (κ2) is 5.32. The van der Waals surface area contributed by atoms with E-state index in [-0.39, 0.29) is 11.9 Å². The highest BCUT2D eigenvalue weighted by molar-refractivity contribution is 6.30. The molecule has 1 atom stereocenters. The van der Waals surface area contributed by atoms with Crippen LogP contribution in [0.3, 0.4) is 0 Å². The van der Waals surface area contributed by atoms with E-state index in [0.29, 0.717) is 5.02 Å². The maximum absolute atomic E-state index is 11.9. The lowest BCUT2D eigenvalue weighted by atomic mass is 10.0. The van der Waals surface area contributed by atoms with Gasteiger partial charge in [-0.05, 0) is 37.6 Å². The van der Waals surface area contributed by atoms with Crippen LogP contribution in [0.2, 0.25) is 5.02 Å². The molecule has 0 saturated carbocycles. The third kappa shape index (κ3) is 2.97. The Morgan fingerprint density at radius 2 is 2.31 bits per heavy atom. The molecule has 0 aromatic heterocycles. The van der Waals surface area contributed by atoms with Gasteiger partial charge in [0, 0.05) is 10.7 Å². The van der Waals surface area contributed by atoms with Gasteiger partial charge < -0.3 is 10.6 Å². The first-order valence-corrected chi connectivity index (χ1v) is 5.93. The molecular weight excluding hydrogens is 224 g/mol. The monoisotopic (exact) mass is 238 g/mol. The van der Waals surface area contributed by atoms with Gasteiger partial charge in [0.1, 0.15) is 0 Å². The maximum Gasteiger partial charge on any atom is 0.241 e. The van der Waals surface area contributed by atoms with Crippen molar-refractivity contribution in [3.05, 3.63) is 29.3 Å². The van der Waals surface area contributed by atoms with E-state index in [0.717, 1.165) is 31.5 Å². The molecule has 86 valence electrons. The SMILES string of the molecule is O=C(Nc1cccc(Cl)c1)[C@@H]1CCCCN1. The van der Waals surface area contributed by atoms with Gasteiger partial charge in [-0.15, -0.1) is 0 Å². The second-order valence-corrected chi connectivity index (χ2v) is 4.44. The van der Waals surface area contributed by atoms with Crippen molar-refractivity contribution >= 4 is 23.2 Å². The molecular formula is C12H15ClN2O. The van der Waals surface area contributed by atoms with E-state index in [1.165, 1.54) is 0 Å². The lowest BCUT2D eigenvalue weighted by Gasteiger charge is -2.22. The molecule has 0 unspecified atom stereocenters. The maximum atomic E-state index is 11.9. The summed E-state index contributed by atoms with van der Waals surface area (Å²) in [6, 6.07) is 7.14. The minimum atomic E-state index is -0.0623. The zero-order valence-electron chi connectivity index (χ0n) is 9.00. The van der Waals surface area contributed by atoms with Crippen LogP contribution in [0.25, 0.3) is 0 Å². The lowest BCUT2D eigenvalue weighted by molar-refractivity contribution is -0.118. The Morgan fingerprint density at radius 3 is 3.00 bits per heavy atom. The highest BCUT2D eigenvalue weighted by Gasteiger charge is 2.20. The normalized spacial score (nSPS) is 20.4. The Balaban J connectivity index is 1.96. The number of anilines is 1. The van der Waals surface area contributed by atoms with Gasteiger partial charge in [-0.25, -0.2) is 0 Å². The fourth-order valence-electron chi connectivity index (χ4n) is 1.87. The van der Waals surface area contributed by atoms with Crippen molar-refractivity contribution in [2.75, 3.05) is 11.9 Å². The molecule has 1 saturated heterocycles. The van der Waals surface area contributed by atoms with Gasteiger partial charge in [0.15, 0.2) is 0 Å². The topological polar surface area (TPSA) is 41.1 Å². The Labute approximate surface area is 100 Å². The minimum Gasteiger partial charge on any atom is -0.325 e. The number of carbonyl (C=O) groups excluding carboxylic acids is 1. The molecule has 1 aromatic carbocycles. The summed E-state index contributed by atoms with van der Waals surface area (Å²) in [6.07, 6.45) is 3.17. The van der Waals surface area contributed by atoms with Gasteiger partial charge >= 0.3 is 0 Å². The third-order valence-electron chi connectivity index (χ3n) is 2.72. The van der Waals surface area contributed by atoms with E-state index in [4.69, 9.17) is 11.6 Å². The summed E-state index contributed by atoms with van der Waals surface area (Å²) in [5.74, 6) is 0.0296. The van der Waals surface area contributed by atoms with E-state index in [2.05, 4.69) is 10.6 Å². The Kier molecular flexibility index (Phi) is 3.80. The number of halogens is 1. The summed E-state index contributed by atoms with van der Waals surface area (Å²) in [4.78, 5) is 11.9. The molecule has 2 N–H and O–H groups in total. The van der Waals surface area contributed by atoms with Crippen molar-refractivity contribution in [2.45, 2.75) is 25.3 Å². The van der Waals surface area contributed by atoms with Crippen LogP contribution < -0.4 is 10.6 Å². The van der Waals surface area contributed by atoms with E-state index in [1.807, 2.05) is 12.1 Å². The van der Waals surface area contributed by atoms with Crippen LogP contribution in [0.1, 0.15) is 19.3 Å². The predicted octanol–water partition coefficient (Wildman–Crippen LogP) is 2.42. The number of benzene rings is 1. The molecule has 0 spiro atoms. The fraction of sp³-hybridized carbons (Fsp3) is 0.417. The van der Waals surface area contributed by atoms with Crippen molar-refractivity contribution in [1.82, 2.24) is 5.32 Å². The van der Waals surface area contributed by atoms with E-state index >= 15 is 0 Å². The van der Waals surface area contributed by atoms with Crippen LogP contribution >= 0.6 is 11.6 Å². The van der Waals surface area contributed by atoms with E-state index in [1.54, 1.807) is 12.1 Å². The van der Waals surface area contributed by atoms with Crippen molar-refractivity contribution in [3.8, 4) is 0 Å². The van der Waals surface area contributed by atoms with E-state index < -0.39 is 0 Å². The zero-order chi connectivity index (χ0) is 11.4. The summed E-state index contributed by atoms with van der Waals surface area (Å²) in [5.41, 5.74) is 0.755. The summed E-state index contributed by atoms with van der Waals surface area (Å²) >= 11 is 5.85. The number of hydrogen-bond donors (Lipinski definition) is 2. The molecule has 1 amide bonds. The molecule has 0 radical (unpaired) electrons. The number of carbonyl (C=O) groups is 1. The van der Waals surface area contributed by atoms with Crippen LogP contribution in [0.5, 0.6) is 0 Å². The molecule has 0 aliphatic carbocycles. The van der Waals surface area contributed by atoms with Gasteiger partial charge in [0.05, 0.1) is 6.04 Å². The number of hydrogen-bond acceptors (Lipinski definition) is 2. The third-order valence-corrected chi connectivity index (χ3v) is 2.95. The average Bonchev–Trinajstić information content (AvgIpc) is 2.30. The van der Waals surface area contributed by atoms with Crippen LogP contribution in [0.4, 0.5) is 5.69 Å². The van der Waals surface area contributed by atoms with Crippen molar-refractivity contribution in [3.63, 3.8) is 0 Å². The molecule has 1 aliphatic rings. The fourth-order valence-corrected chi connectivity index (χ4v) is 2.06. The Morgan fingerprint density at radius 1 is 1.44 bits per heavy atom. The molecule has 0 bridgehead atoms. The lowest BCUT2D eigenvalue weighted by Crippen LogP contribution is -2.43. The summed E-state index contributed by atoms with van der Waals surface area (Å²) in [7, 11) is 0. The average molecular weight is 239 g/mol. The Bertz CT molecular complexity index is 375. The van der Waals surface area contributed by atoms with Crippen LogP contribution in [0, 0.1) is 0 Å². The van der Waals surface area contributed by atoms with Crippen LogP contribution in [-0.4, -0.2) is 18.5 Å². The van der Waals surface area contributed by atoms with Gasteiger partial charge in [0.2, 0.25) is 5.91 Å². The smallest absolute Gasteiger partial charge is 0.241 e. The number of nitrogens with one attached hydrogen (secondary N) is 2. The summed E-state index contributed by atoms with van der Waals surface area (Å²) in [5, 5.41) is 6.71. The first kappa shape index (κ1) is 11.4. The van der Waals surface area contributed by atoms with Gasteiger partial charge in [-0.1, -0.05) is 24.1 Å². The molecule has 2 rings (SSSR count). The zero-order valence-corrected chi connectivity index (χ0v) is 9.76. The molecule has 1 fully saturated rings. The van der Waals surface area contributed by atoms with Crippen LogP contribution in [-0.2, 0) is 4.79 Å². The first-order valence-electron chi connectivity index (χ1n) is 5.55. The number of amides is 1. The van der Waals surface area contributed by atoms with Gasteiger partial charge in [0.25, 0.3) is 0 Å². The van der Waals surface area contributed by atoms with Crippen molar-refractivity contribution in [1.29, 1.82) is 0 Å². The number of piperidine rings is 1. The molecule has 3 nitrogen and oxygen atoms in total. The quantitative estimate of drug-likeness (QED) is 0.831. The minimum absolute atomic E-state index is 0.0296. The molecule has 16 heavy (non-hydrogen) atoms. The molecule has 1 heterocycles. The largest absolute Gasteiger partial charge is 0.325 e. The van der Waals surface area contributed by atoms with Crippen molar-refractivity contribution in [2.24, 2.45) is 0 Å². The van der Waals surface area contributed by atoms with Gasteiger partial charge in [-0.2, -0.15) is 0 Å². The highest BCUT2D eigenvalue weighted by Crippen LogP contribution is 2.16. The van der Waals surface area contributed by atoms with E-state index in [9.17, 15) is 4.79 Å². The predicted molar refractivity (Wildman–Crippen MR) is 65.7 cm³/mol.